The molecule has 0 saturated carbocycles. The molecule has 0 aliphatic carbocycles. The summed E-state index contributed by atoms with van der Waals surface area (Å²) in [6, 6.07) is 7.04. The van der Waals surface area contributed by atoms with Crippen LogP contribution in [0, 0.1) is 5.82 Å². The third-order valence-electron chi connectivity index (χ3n) is 3.95. The Morgan fingerprint density at radius 3 is 2.52 bits per heavy atom. The Hall–Kier alpha value is -2.60. The van der Waals surface area contributed by atoms with Gasteiger partial charge in [0.2, 0.25) is 0 Å². The van der Waals surface area contributed by atoms with Gasteiger partial charge in [-0.1, -0.05) is 6.07 Å². The van der Waals surface area contributed by atoms with Gasteiger partial charge in [-0.15, -0.1) is 0 Å². The van der Waals surface area contributed by atoms with Crippen molar-refractivity contribution >= 4 is 16.7 Å². The molecule has 0 atom stereocenters. The van der Waals surface area contributed by atoms with E-state index < -0.39 is 0 Å². The first kappa shape index (κ1) is 14.0. The Morgan fingerprint density at radius 1 is 0.957 bits per heavy atom. The van der Waals surface area contributed by atoms with Crippen LogP contribution in [0.4, 0.5) is 10.1 Å². The van der Waals surface area contributed by atoms with Gasteiger partial charge < -0.3 is 9.64 Å². The van der Waals surface area contributed by atoms with Crippen LogP contribution in [0.2, 0.25) is 0 Å². The van der Waals surface area contributed by atoms with Crippen molar-refractivity contribution in [3.63, 3.8) is 0 Å². The van der Waals surface area contributed by atoms with E-state index in [1.54, 1.807) is 24.7 Å². The van der Waals surface area contributed by atoms with Crippen molar-refractivity contribution < 1.29 is 9.13 Å². The van der Waals surface area contributed by atoms with Gasteiger partial charge >= 0.3 is 0 Å². The maximum Gasteiger partial charge on any atom is 0.147 e. The summed E-state index contributed by atoms with van der Waals surface area (Å²) >= 11 is 0. The van der Waals surface area contributed by atoms with Crippen LogP contribution >= 0.6 is 0 Å². The van der Waals surface area contributed by atoms with E-state index in [4.69, 9.17) is 4.74 Å². The fourth-order valence-electron chi connectivity index (χ4n) is 2.75. The number of nitrogens with zero attached hydrogens (tertiary/aromatic N) is 4. The van der Waals surface area contributed by atoms with E-state index in [9.17, 15) is 4.39 Å². The lowest BCUT2D eigenvalue weighted by Crippen LogP contribution is -2.36. The quantitative estimate of drug-likeness (QED) is 0.728. The number of hydrogen-bond acceptors (Lipinski definition) is 5. The molecule has 0 spiro atoms. The van der Waals surface area contributed by atoms with Crippen molar-refractivity contribution in [2.24, 2.45) is 0 Å². The van der Waals surface area contributed by atoms with Crippen LogP contribution < -0.4 is 4.90 Å². The van der Waals surface area contributed by atoms with Gasteiger partial charge in [0.15, 0.2) is 0 Å². The average molecular weight is 310 g/mol. The minimum absolute atomic E-state index is 0.245. The molecule has 1 fully saturated rings. The van der Waals surface area contributed by atoms with E-state index in [0.29, 0.717) is 37.7 Å². The van der Waals surface area contributed by atoms with Gasteiger partial charge in [-0.05, 0) is 18.2 Å². The summed E-state index contributed by atoms with van der Waals surface area (Å²) in [7, 11) is 0. The molecule has 1 aliphatic heterocycles. The normalized spacial score (nSPS) is 15.1. The molecule has 0 unspecified atom stereocenters. The second kappa shape index (κ2) is 5.89. The fraction of sp³-hybridized carbons (Fsp3) is 0.235. The minimum atomic E-state index is -0.245. The summed E-state index contributed by atoms with van der Waals surface area (Å²) in [5, 5.41) is 0. The molecule has 4 rings (SSSR count). The highest BCUT2D eigenvalue weighted by atomic mass is 19.1. The van der Waals surface area contributed by atoms with E-state index in [-0.39, 0.29) is 5.82 Å². The molecule has 1 aliphatic rings. The van der Waals surface area contributed by atoms with E-state index in [1.807, 2.05) is 17.0 Å². The van der Waals surface area contributed by atoms with Crippen LogP contribution in [0.5, 0.6) is 0 Å². The molecule has 0 radical (unpaired) electrons. The highest BCUT2D eigenvalue weighted by Gasteiger charge is 2.16. The largest absolute Gasteiger partial charge is 0.378 e. The second-order valence-electron chi connectivity index (χ2n) is 5.38. The van der Waals surface area contributed by atoms with E-state index in [1.165, 1.54) is 6.07 Å². The minimum Gasteiger partial charge on any atom is -0.378 e. The Balaban J connectivity index is 1.69. The number of rotatable bonds is 2. The van der Waals surface area contributed by atoms with Crippen LogP contribution in [0.25, 0.3) is 22.3 Å². The number of pyridine rings is 1. The first-order chi connectivity index (χ1) is 11.3. The lowest BCUT2D eigenvalue weighted by atomic mass is 10.1. The zero-order valence-electron chi connectivity index (χ0n) is 12.4. The maximum absolute atomic E-state index is 14.5. The smallest absolute Gasteiger partial charge is 0.147 e. The zero-order valence-corrected chi connectivity index (χ0v) is 12.4. The summed E-state index contributed by atoms with van der Waals surface area (Å²) in [6.07, 6.45) is 4.92. The number of benzene rings is 1. The van der Waals surface area contributed by atoms with Gasteiger partial charge in [0.05, 0.1) is 36.3 Å². The monoisotopic (exact) mass is 310 g/mol. The molecule has 6 heteroatoms. The lowest BCUT2D eigenvalue weighted by molar-refractivity contribution is 0.122. The number of halogens is 1. The third kappa shape index (κ3) is 2.73. The number of anilines is 1. The fourth-order valence-corrected chi connectivity index (χ4v) is 2.75. The Kier molecular flexibility index (Phi) is 3.59. The zero-order chi connectivity index (χ0) is 15.6. The topological polar surface area (TPSA) is 51.1 Å². The molecule has 2 aromatic heterocycles. The molecule has 1 aromatic carbocycles. The van der Waals surface area contributed by atoms with Crippen molar-refractivity contribution in [1.82, 2.24) is 15.0 Å². The number of hydrogen-bond donors (Lipinski definition) is 0. The molecule has 23 heavy (non-hydrogen) atoms. The Morgan fingerprint density at radius 2 is 1.74 bits per heavy atom. The summed E-state index contributed by atoms with van der Waals surface area (Å²) in [4.78, 5) is 14.8. The van der Waals surface area contributed by atoms with E-state index in [2.05, 4.69) is 15.0 Å². The van der Waals surface area contributed by atoms with Crippen LogP contribution in [-0.2, 0) is 4.74 Å². The third-order valence-corrected chi connectivity index (χ3v) is 3.95. The van der Waals surface area contributed by atoms with Gasteiger partial charge in [0.1, 0.15) is 11.3 Å². The molecular weight excluding hydrogens is 295 g/mol. The molecule has 1 saturated heterocycles. The maximum atomic E-state index is 14.5. The van der Waals surface area contributed by atoms with Gasteiger partial charge in [0, 0.05) is 31.0 Å². The van der Waals surface area contributed by atoms with Crippen LogP contribution in [0.3, 0.4) is 0 Å². The van der Waals surface area contributed by atoms with Crippen molar-refractivity contribution in [3.05, 3.63) is 48.7 Å². The Labute approximate surface area is 132 Å². The summed E-state index contributed by atoms with van der Waals surface area (Å²) in [6.45, 7) is 2.68. The van der Waals surface area contributed by atoms with E-state index in [0.717, 1.165) is 16.6 Å². The number of fused-ring (bicyclic) bond motifs is 1. The predicted octanol–water partition coefficient (Wildman–Crippen LogP) is 2.67. The molecule has 3 heterocycles. The standard InChI is InChI=1S/C17H15FN4O/c18-13-9-12(1-2-17(13)22-5-7-23-8-6-22)14-10-15-16(11-21-14)20-4-3-19-15/h1-4,9-11H,5-8H2. The van der Waals surface area contributed by atoms with Crippen LogP contribution in [0.15, 0.2) is 42.9 Å². The lowest BCUT2D eigenvalue weighted by Gasteiger charge is -2.29. The van der Waals surface area contributed by atoms with Crippen molar-refractivity contribution in [1.29, 1.82) is 0 Å². The van der Waals surface area contributed by atoms with Crippen LogP contribution in [0.1, 0.15) is 0 Å². The average Bonchev–Trinajstić information content (AvgIpc) is 2.62. The molecule has 3 aromatic rings. The van der Waals surface area contributed by atoms with Crippen molar-refractivity contribution in [2.45, 2.75) is 0 Å². The number of aromatic nitrogens is 3. The summed E-state index contributed by atoms with van der Waals surface area (Å²) < 4.78 is 19.8. The van der Waals surface area contributed by atoms with Crippen molar-refractivity contribution in [3.8, 4) is 11.3 Å². The first-order valence-corrected chi connectivity index (χ1v) is 7.51. The number of ether oxygens (including phenoxy) is 1. The predicted molar refractivity (Wildman–Crippen MR) is 85.8 cm³/mol. The first-order valence-electron chi connectivity index (χ1n) is 7.51. The van der Waals surface area contributed by atoms with Gasteiger partial charge in [-0.3, -0.25) is 15.0 Å². The second-order valence-corrected chi connectivity index (χ2v) is 5.38. The summed E-state index contributed by atoms with van der Waals surface area (Å²) in [5.74, 6) is -0.245. The molecular formula is C17H15FN4O. The molecule has 0 bridgehead atoms. The SMILES string of the molecule is Fc1cc(-c2cc3nccnc3cn2)ccc1N1CCOCC1. The molecule has 0 amide bonds. The number of morpholine rings is 1. The summed E-state index contributed by atoms with van der Waals surface area (Å²) in [5.41, 5.74) is 3.49. The van der Waals surface area contributed by atoms with Crippen LogP contribution in [-0.4, -0.2) is 41.3 Å². The highest BCUT2D eigenvalue weighted by Crippen LogP contribution is 2.27. The van der Waals surface area contributed by atoms with Gasteiger partial charge in [0.25, 0.3) is 0 Å². The van der Waals surface area contributed by atoms with E-state index >= 15 is 0 Å². The Bertz CT molecular complexity index is 849. The highest BCUT2D eigenvalue weighted by molar-refractivity contribution is 5.78. The van der Waals surface area contributed by atoms with Crippen molar-refractivity contribution in [2.75, 3.05) is 31.2 Å². The molecule has 0 N–H and O–H groups in total. The molecule has 116 valence electrons. The molecule has 5 nitrogen and oxygen atoms in total. The van der Waals surface area contributed by atoms with Gasteiger partial charge in [-0.25, -0.2) is 4.39 Å². The van der Waals surface area contributed by atoms with Gasteiger partial charge in [-0.2, -0.15) is 0 Å².